The molecule has 1 amide bonds. The number of carbonyl (C=O) groups is 2. The second-order valence-corrected chi connectivity index (χ2v) is 8.87. The first kappa shape index (κ1) is 23.9. The van der Waals surface area contributed by atoms with Gasteiger partial charge in [0.2, 0.25) is 0 Å². The predicted octanol–water partition coefficient (Wildman–Crippen LogP) is 4.99. The Labute approximate surface area is 214 Å². The molecule has 7 nitrogen and oxygen atoms in total. The minimum atomic E-state index is -0.779. The molecule has 37 heavy (non-hydrogen) atoms. The zero-order valence-electron chi connectivity index (χ0n) is 20.2. The third kappa shape index (κ3) is 5.11. The number of hydrogen-bond acceptors (Lipinski definition) is 6. The number of amides is 1. The lowest BCUT2D eigenvalue weighted by Crippen LogP contribution is -2.29. The molecule has 1 atom stereocenters. The van der Waals surface area contributed by atoms with Gasteiger partial charge in [0.15, 0.2) is 0 Å². The Morgan fingerprint density at radius 2 is 1.70 bits per heavy atom. The van der Waals surface area contributed by atoms with Crippen LogP contribution in [0.2, 0.25) is 0 Å². The van der Waals surface area contributed by atoms with Gasteiger partial charge in [-0.1, -0.05) is 35.9 Å². The van der Waals surface area contributed by atoms with Gasteiger partial charge < -0.3 is 14.7 Å². The molecule has 2 aromatic carbocycles. The monoisotopic (exact) mass is 491 g/mol. The van der Waals surface area contributed by atoms with Gasteiger partial charge in [-0.3, -0.25) is 19.6 Å². The van der Waals surface area contributed by atoms with Crippen molar-refractivity contribution in [3.63, 3.8) is 0 Å². The lowest BCUT2D eigenvalue weighted by atomic mass is 9.96. The summed E-state index contributed by atoms with van der Waals surface area (Å²) < 4.78 is 5.88. The number of aromatic nitrogens is 2. The number of ketones is 1. The van der Waals surface area contributed by atoms with Gasteiger partial charge in [0, 0.05) is 36.9 Å². The van der Waals surface area contributed by atoms with E-state index in [1.165, 1.54) is 4.90 Å². The highest BCUT2D eigenvalue weighted by atomic mass is 16.5. The van der Waals surface area contributed by atoms with Crippen LogP contribution in [-0.4, -0.2) is 31.7 Å². The van der Waals surface area contributed by atoms with Gasteiger partial charge in [0.05, 0.1) is 11.6 Å². The second kappa shape index (κ2) is 10.5. The van der Waals surface area contributed by atoms with Gasteiger partial charge >= 0.3 is 0 Å². The van der Waals surface area contributed by atoms with E-state index in [4.69, 9.17) is 4.74 Å². The predicted molar refractivity (Wildman–Crippen MR) is 138 cm³/mol. The van der Waals surface area contributed by atoms with E-state index < -0.39 is 17.7 Å². The number of aliphatic hydroxyl groups is 1. The Kier molecular flexibility index (Phi) is 6.76. The van der Waals surface area contributed by atoms with Crippen molar-refractivity contribution in [2.24, 2.45) is 0 Å². The number of carbonyl (C=O) groups excluding carboxylic acids is 2. The number of pyridine rings is 2. The van der Waals surface area contributed by atoms with Crippen molar-refractivity contribution in [1.29, 1.82) is 0 Å². The second-order valence-electron chi connectivity index (χ2n) is 8.87. The zero-order valence-corrected chi connectivity index (χ0v) is 20.2. The fourth-order valence-electron chi connectivity index (χ4n) is 4.45. The number of nitrogens with zero attached hydrogens (tertiary/aromatic N) is 3. The molecular formula is C30H25N3O4. The van der Waals surface area contributed by atoms with Gasteiger partial charge in [-0.05, 0) is 66.1 Å². The van der Waals surface area contributed by atoms with E-state index in [2.05, 4.69) is 16.0 Å². The van der Waals surface area contributed by atoms with Crippen molar-refractivity contribution >= 4 is 17.4 Å². The van der Waals surface area contributed by atoms with Gasteiger partial charge in [-0.15, -0.1) is 0 Å². The highest BCUT2D eigenvalue weighted by molar-refractivity contribution is 6.46. The van der Waals surface area contributed by atoms with Crippen molar-refractivity contribution < 1.29 is 19.4 Å². The largest absolute Gasteiger partial charge is 0.507 e. The molecule has 2 aromatic heterocycles. The first-order chi connectivity index (χ1) is 18.0. The molecule has 0 radical (unpaired) electrons. The van der Waals surface area contributed by atoms with Crippen LogP contribution in [0.15, 0.2) is 103 Å². The molecule has 4 aromatic rings. The third-order valence-electron chi connectivity index (χ3n) is 6.26. The lowest BCUT2D eigenvalue weighted by molar-refractivity contribution is -0.140. The standard InChI is InChI=1S/C30H25N3O4/c1-20-4-2-5-22(16-20)19-37-25-9-7-23(8-10-25)28(34)26-27(24-6-3-13-32-17-24)33(30(36)29(26)35)18-21-11-14-31-15-12-21/h2-17,27,34H,18-19H2,1H3/b28-26+. The van der Waals surface area contributed by atoms with Crippen molar-refractivity contribution in [2.45, 2.75) is 26.1 Å². The summed E-state index contributed by atoms with van der Waals surface area (Å²) in [7, 11) is 0. The molecule has 184 valence electrons. The molecule has 0 saturated carbocycles. The maximum Gasteiger partial charge on any atom is 0.295 e. The summed E-state index contributed by atoms with van der Waals surface area (Å²) in [6, 6.07) is 21.2. The first-order valence-corrected chi connectivity index (χ1v) is 11.9. The van der Waals surface area contributed by atoms with Crippen molar-refractivity contribution in [3.8, 4) is 5.75 Å². The van der Waals surface area contributed by atoms with Crippen LogP contribution in [-0.2, 0) is 22.7 Å². The Bertz CT molecular complexity index is 1450. The third-order valence-corrected chi connectivity index (χ3v) is 6.26. The Morgan fingerprint density at radius 3 is 2.41 bits per heavy atom. The Hall–Kier alpha value is -4.78. The molecule has 0 bridgehead atoms. The maximum atomic E-state index is 13.2. The summed E-state index contributed by atoms with van der Waals surface area (Å²) in [5, 5.41) is 11.3. The van der Waals surface area contributed by atoms with E-state index in [1.807, 2.05) is 25.1 Å². The molecule has 1 aliphatic heterocycles. The van der Waals surface area contributed by atoms with Gasteiger partial charge in [-0.2, -0.15) is 0 Å². The molecule has 1 N–H and O–H groups in total. The average Bonchev–Trinajstić information content (AvgIpc) is 3.18. The van der Waals surface area contributed by atoms with Crippen LogP contribution in [0.4, 0.5) is 0 Å². The van der Waals surface area contributed by atoms with Crippen molar-refractivity contribution in [1.82, 2.24) is 14.9 Å². The normalized spacial score (nSPS) is 16.7. The van der Waals surface area contributed by atoms with E-state index in [0.717, 1.165) is 16.7 Å². The summed E-state index contributed by atoms with van der Waals surface area (Å²) in [5.74, 6) is -1.03. The number of hydrogen-bond donors (Lipinski definition) is 1. The highest BCUT2D eigenvalue weighted by Crippen LogP contribution is 2.40. The molecule has 0 spiro atoms. The van der Waals surface area contributed by atoms with E-state index in [0.29, 0.717) is 23.5 Å². The van der Waals surface area contributed by atoms with Crippen molar-refractivity contribution in [3.05, 3.63) is 131 Å². The van der Waals surface area contributed by atoms with Crippen LogP contribution in [0.3, 0.4) is 0 Å². The molecule has 5 rings (SSSR count). The molecule has 1 saturated heterocycles. The number of Topliss-reactive ketones (excluding diaryl/α,β-unsaturated/α-hetero) is 1. The number of rotatable bonds is 7. The zero-order chi connectivity index (χ0) is 25.8. The van der Waals surface area contributed by atoms with Gasteiger partial charge in [-0.25, -0.2) is 0 Å². The number of ether oxygens (including phenoxy) is 1. The van der Waals surface area contributed by atoms with E-state index in [-0.39, 0.29) is 17.9 Å². The Balaban J connectivity index is 1.45. The molecule has 1 unspecified atom stereocenters. The topological polar surface area (TPSA) is 92.6 Å². The fourth-order valence-corrected chi connectivity index (χ4v) is 4.45. The fraction of sp³-hybridized carbons (Fsp3) is 0.133. The van der Waals surface area contributed by atoms with Crippen LogP contribution in [0.5, 0.6) is 5.75 Å². The van der Waals surface area contributed by atoms with E-state index in [1.54, 1.807) is 73.3 Å². The van der Waals surface area contributed by atoms with E-state index >= 15 is 0 Å². The molecule has 3 heterocycles. The number of benzene rings is 2. The van der Waals surface area contributed by atoms with Crippen LogP contribution in [0.1, 0.15) is 33.9 Å². The summed E-state index contributed by atoms with van der Waals surface area (Å²) >= 11 is 0. The van der Waals surface area contributed by atoms with Crippen LogP contribution in [0, 0.1) is 6.92 Å². The maximum absolute atomic E-state index is 13.2. The lowest BCUT2D eigenvalue weighted by Gasteiger charge is -2.25. The smallest absolute Gasteiger partial charge is 0.295 e. The summed E-state index contributed by atoms with van der Waals surface area (Å²) in [6.45, 7) is 2.63. The van der Waals surface area contributed by atoms with Gasteiger partial charge in [0.1, 0.15) is 18.1 Å². The highest BCUT2D eigenvalue weighted by Gasteiger charge is 2.46. The average molecular weight is 492 g/mol. The number of aryl methyl sites for hydroxylation is 1. The van der Waals surface area contributed by atoms with Crippen LogP contribution >= 0.6 is 0 Å². The summed E-state index contributed by atoms with van der Waals surface area (Å²) in [5.41, 5.74) is 4.11. The number of aliphatic hydroxyl groups excluding tert-OH is 1. The van der Waals surface area contributed by atoms with E-state index in [9.17, 15) is 14.7 Å². The van der Waals surface area contributed by atoms with Crippen LogP contribution < -0.4 is 4.74 Å². The number of likely N-dealkylation sites (tertiary alicyclic amines) is 1. The van der Waals surface area contributed by atoms with Crippen LogP contribution in [0.25, 0.3) is 5.76 Å². The quantitative estimate of drug-likeness (QED) is 0.223. The summed E-state index contributed by atoms with van der Waals surface area (Å²) in [4.78, 5) is 35.9. The summed E-state index contributed by atoms with van der Waals surface area (Å²) in [6.07, 6.45) is 6.49. The van der Waals surface area contributed by atoms with Gasteiger partial charge in [0.25, 0.3) is 11.7 Å². The molecule has 1 aliphatic rings. The molecule has 0 aliphatic carbocycles. The minimum absolute atomic E-state index is 0.0282. The molecular weight excluding hydrogens is 466 g/mol. The Morgan fingerprint density at radius 1 is 0.919 bits per heavy atom. The van der Waals surface area contributed by atoms with Crippen molar-refractivity contribution in [2.75, 3.05) is 0 Å². The minimum Gasteiger partial charge on any atom is -0.507 e. The first-order valence-electron chi connectivity index (χ1n) is 11.9. The SMILES string of the molecule is Cc1cccc(COc2ccc(/C(O)=C3\C(=O)C(=O)N(Cc4ccncc4)C3c3cccnc3)cc2)c1. The molecule has 7 heteroatoms. The molecule has 1 fully saturated rings.